The Balaban J connectivity index is 0.000000671. The number of hydrogen-bond acceptors (Lipinski definition) is 2. The molecule has 1 rings (SSSR count). The highest BCUT2D eigenvalue weighted by atomic mass is 15.1. The summed E-state index contributed by atoms with van der Waals surface area (Å²) in [4.78, 5) is 2.48. The minimum Gasteiger partial charge on any atom is -0.306 e. The van der Waals surface area contributed by atoms with Crippen LogP contribution in [0.15, 0.2) is 0 Å². The molecule has 1 heterocycles. The van der Waals surface area contributed by atoms with E-state index in [-0.39, 0.29) is 0 Å². The van der Waals surface area contributed by atoms with Crippen LogP contribution in [-0.2, 0) is 0 Å². The molecule has 1 atom stereocenters. The summed E-state index contributed by atoms with van der Waals surface area (Å²) >= 11 is 0. The molecule has 0 radical (unpaired) electrons. The molecule has 0 amide bonds. The molecule has 0 aromatic carbocycles. The van der Waals surface area contributed by atoms with E-state index in [1.54, 1.807) is 0 Å². The van der Waals surface area contributed by atoms with E-state index in [1.807, 2.05) is 0 Å². The topological polar surface area (TPSA) is 27.0 Å². The smallest absolute Gasteiger partial charge is 0.0462 e. The van der Waals surface area contributed by atoms with E-state index in [2.05, 4.69) is 25.4 Å². The fraction of sp³-hybridized carbons (Fsp3) is 0.909. The summed E-state index contributed by atoms with van der Waals surface area (Å²) in [5.74, 6) is 1.01. The fourth-order valence-electron chi connectivity index (χ4n) is 2.00. The van der Waals surface area contributed by atoms with Crippen LogP contribution in [0.25, 0.3) is 0 Å². The second-order valence-corrected chi connectivity index (χ2v) is 3.91. The lowest BCUT2D eigenvalue weighted by Gasteiger charge is -2.29. The lowest BCUT2D eigenvalue weighted by atomic mass is 9.93. The average molecular weight is 182 g/mol. The molecule has 0 aromatic rings. The minimum absolute atomic E-state index is 1.01. The van der Waals surface area contributed by atoms with Crippen molar-refractivity contribution in [1.29, 1.82) is 5.26 Å². The molecule has 1 aliphatic heterocycles. The molecule has 2 heteroatoms. The third kappa shape index (κ3) is 5.65. The predicted molar refractivity (Wildman–Crippen MR) is 56.4 cm³/mol. The van der Waals surface area contributed by atoms with E-state index in [0.717, 1.165) is 5.92 Å². The van der Waals surface area contributed by atoms with E-state index >= 15 is 0 Å². The van der Waals surface area contributed by atoms with Gasteiger partial charge in [-0.3, -0.25) is 0 Å². The van der Waals surface area contributed by atoms with Crippen molar-refractivity contribution >= 4 is 0 Å². The van der Waals surface area contributed by atoms with Crippen molar-refractivity contribution in [1.82, 2.24) is 4.90 Å². The maximum atomic E-state index is 6.50. The van der Waals surface area contributed by atoms with Gasteiger partial charge in [0.15, 0.2) is 0 Å². The van der Waals surface area contributed by atoms with Gasteiger partial charge in [0, 0.05) is 13.1 Å². The third-order valence-corrected chi connectivity index (χ3v) is 2.69. The SMILES string of the molecule is C#N.CCCCC1CCCN(C)C1. The molecular weight excluding hydrogens is 160 g/mol. The summed E-state index contributed by atoms with van der Waals surface area (Å²) in [5.41, 5.74) is 0. The summed E-state index contributed by atoms with van der Waals surface area (Å²) in [6, 6.07) is 0. The molecule has 13 heavy (non-hydrogen) atoms. The standard InChI is InChI=1S/C10H21N.CHN/c1-3-4-6-10-7-5-8-11(2)9-10;1-2/h10H,3-9H2,1-2H3;1H. The van der Waals surface area contributed by atoms with Gasteiger partial charge in [-0.25, -0.2) is 5.26 Å². The van der Waals surface area contributed by atoms with Gasteiger partial charge in [-0.15, -0.1) is 0 Å². The van der Waals surface area contributed by atoms with E-state index in [1.165, 1.54) is 45.2 Å². The Morgan fingerprint density at radius 2 is 2.15 bits per heavy atom. The molecule has 0 saturated carbocycles. The van der Waals surface area contributed by atoms with Crippen molar-refractivity contribution in [2.45, 2.75) is 39.0 Å². The summed E-state index contributed by atoms with van der Waals surface area (Å²) in [7, 11) is 2.25. The predicted octanol–water partition coefficient (Wildman–Crippen LogP) is 2.66. The number of rotatable bonds is 3. The molecule has 1 fully saturated rings. The normalized spacial score (nSPS) is 23.2. The van der Waals surface area contributed by atoms with E-state index in [0.29, 0.717) is 0 Å². The van der Waals surface area contributed by atoms with Crippen LogP contribution >= 0.6 is 0 Å². The van der Waals surface area contributed by atoms with Gasteiger partial charge in [0.2, 0.25) is 0 Å². The zero-order chi connectivity index (χ0) is 10.1. The molecule has 1 unspecified atom stereocenters. The molecule has 0 aromatic heterocycles. The highest BCUT2D eigenvalue weighted by Crippen LogP contribution is 2.20. The van der Waals surface area contributed by atoms with Crippen molar-refractivity contribution in [3.8, 4) is 6.57 Å². The van der Waals surface area contributed by atoms with Crippen molar-refractivity contribution in [2.24, 2.45) is 5.92 Å². The van der Waals surface area contributed by atoms with Gasteiger partial charge < -0.3 is 4.90 Å². The van der Waals surface area contributed by atoms with Crippen LogP contribution in [0, 0.1) is 17.8 Å². The summed E-state index contributed by atoms with van der Waals surface area (Å²) < 4.78 is 0. The van der Waals surface area contributed by atoms with Gasteiger partial charge in [0.1, 0.15) is 0 Å². The van der Waals surface area contributed by atoms with Gasteiger partial charge in [-0.1, -0.05) is 19.8 Å². The first-order valence-electron chi connectivity index (χ1n) is 5.27. The Bertz CT molecular complexity index is 131. The third-order valence-electron chi connectivity index (χ3n) is 2.69. The molecule has 0 spiro atoms. The monoisotopic (exact) mass is 182 g/mol. The molecule has 0 bridgehead atoms. The van der Waals surface area contributed by atoms with Crippen LogP contribution in [0.5, 0.6) is 0 Å². The molecule has 2 nitrogen and oxygen atoms in total. The lowest BCUT2D eigenvalue weighted by Crippen LogP contribution is -2.31. The second kappa shape index (κ2) is 8.07. The average Bonchev–Trinajstić information content (AvgIpc) is 2.18. The van der Waals surface area contributed by atoms with Gasteiger partial charge in [-0.2, -0.15) is 0 Å². The summed E-state index contributed by atoms with van der Waals surface area (Å²) in [6.45, 7) is 8.45. The number of hydrogen-bond donors (Lipinski definition) is 0. The molecule has 0 N–H and O–H groups in total. The van der Waals surface area contributed by atoms with Gasteiger partial charge in [-0.05, 0) is 38.8 Å². The number of piperidine rings is 1. The molecule has 1 aliphatic rings. The van der Waals surface area contributed by atoms with Gasteiger partial charge in [0.05, 0.1) is 0 Å². The van der Waals surface area contributed by atoms with Gasteiger partial charge in [0.25, 0.3) is 0 Å². The highest BCUT2D eigenvalue weighted by Gasteiger charge is 2.15. The van der Waals surface area contributed by atoms with E-state index in [9.17, 15) is 0 Å². The van der Waals surface area contributed by atoms with Crippen LogP contribution in [0.2, 0.25) is 0 Å². The molecular formula is C11H22N2. The summed E-state index contributed by atoms with van der Waals surface area (Å²) in [6.07, 6.45) is 7.15. The van der Waals surface area contributed by atoms with E-state index in [4.69, 9.17) is 5.26 Å². The zero-order valence-electron chi connectivity index (χ0n) is 9.00. The quantitative estimate of drug-likeness (QED) is 0.671. The number of nitriles is 1. The Hall–Kier alpha value is -0.550. The van der Waals surface area contributed by atoms with Crippen molar-refractivity contribution in [3.63, 3.8) is 0 Å². The molecule has 1 saturated heterocycles. The van der Waals surface area contributed by atoms with Crippen molar-refractivity contribution in [3.05, 3.63) is 0 Å². The summed E-state index contributed by atoms with van der Waals surface area (Å²) in [5, 5.41) is 6.50. The van der Waals surface area contributed by atoms with Crippen molar-refractivity contribution < 1.29 is 0 Å². The van der Waals surface area contributed by atoms with Crippen LogP contribution in [0.4, 0.5) is 0 Å². The van der Waals surface area contributed by atoms with E-state index < -0.39 is 0 Å². The second-order valence-electron chi connectivity index (χ2n) is 3.91. The number of likely N-dealkylation sites (tertiary alicyclic amines) is 1. The van der Waals surface area contributed by atoms with Crippen LogP contribution in [0.1, 0.15) is 39.0 Å². The number of unbranched alkanes of at least 4 members (excludes halogenated alkanes) is 1. The Morgan fingerprint density at radius 3 is 2.69 bits per heavy atom. The highest BCUT2D eigenvalue weighted by molar-refractivity contribution is 4.69. The van der Waals surface area contributed by atoms with Crippen molar-refractivity contribution in [2.75, 3.05) is 20.1 Å². The minimum atomic E-state index is 1.01. The molecule has 76 valence electrons. The maximum Gasteiger partial charge on any atom is 0.0462 e. The fourth-order valence-corrected chi connectivity index (χ4v) is 2.00. The first kappa shape index (κ1) is 12.4. The largest absolute Gasteiger partial charge is 0.306 e. The van der Waals surface area contributed by atoms with Crippen LogP contribution in [0.3, 0.4) is 0 Å². The molecule has 0 aliphatic carbocycles. The number of nitrogens with zero attached hydrogens (tertiary/aromatic N) is 2. The van der Waals surface area contributed by atoms with Gasteiger partial charge >= 0.3 is 0 Å². The lowest BCUT2D eigenvalue weighted by molar-refractivity contribution is 0.200. The zero-order valence-corrected chi connectivity index (χ0v) is 9.00. The van der Waals surface area contributed by atoms with Crippen LogP contribution in [-0.4, -0.2) is 25.0 Å². The first-order valence-corrected chi connectivity index (χ1v) is 5.27. The maximum absolute atomic E-state index is 6.50. The Morgan fingerprint density at radius 1 is 1.46 bits per heavy atom. The Kier molecular flexibility index (Phi) is 7.73. The van der Waals surface area contributed by atoms with Crippen LogP contribution < -0.4 is 0 Å². The Labute approximate surface area is 82.5 Å². The first-order chi connectivity index (χ1) is 6.33.